The predicted molar refractivity (Wildman–Crippen MR) is 114 cm³/mol. The van der Waals surface area contributed by atoms with Crippen LogP contribution in [-0.4, -0.2) is 45.0 Å². The van der Waals surface area contributed by atoms with Crippen molar-refractivity contribution >= 4 is 10.9 Å². The number of benzene rings is 1. The lowest BCUT2D eigenvalue weighted by Gasteiger charge is -2.36. The Kier molecular flexibility index (Phi) is 4.91. The van der Waals surface area contributed by atoms with Crippen molar-refractivity contribution in [1.82, 2.24) is 19.4 Å². The lowest BCUT2D eigenvalue weighted by molar-refractivity contribution is 0.123. The molecule has 0 N–H and O–H groups in total. The Morgan fingerprint density at radius 1 is 1.00 bits per heavy atom. The van der Waals surface area contributed by atoms with Crippen LogP contribution < -0.4 is 0 Å². The predicted octanol–water partition coefficient (Wildman–Crippen LogP) is 4.15. The first kappa shape index (κ1) is 17.9. The number of aryl methyl sites for hydroxylation is 1. The number of pyridine rings is 1. The Morgan fingerprint density at radius 2 is 1.96 bits per heavy atom. The van der Waals surface area contributed by atoms with Crippen LogP contribution >= 0.6 is 0 Å². The Labute approximate surface area is 167 Å². The normalized spacial score (nSPS) is 23.3. The summed E-state index contributed by atoms with van der Waals surface area (Å²) in [4.78, 5) is 9.92. The summed E-state index contributed by atoms with van der Waals surface area (Å²) in [6.07, 6.45) is 6.82. The first-order valence-electron chi connectivity index (χ1n) is 10.7. The molecule has 4 heteroatoms. The topological polar surface area (TPSA) is 24.3 Å². The zero-order valence-corrected chi connectivity index (χ0v) is 16.8. The molecule has 0 amide bonds. The molecule has 3 aromatic rings. The zero-order valence-electron chi connectivity index (χ0n) is 16.8. The highest BCUT2D eigenvalue weighted by molar-refractivity contribution is 5.80. The van der Waals surface area contributed by atoms with Crippen molar-refractivity contribution in [3.8, 4) is 0 Å². The summed E-state index contributed by atoms with van der Waals surface area (Å²) in [5, 5.41) is 1.37. The van der Waals surface area contributed by atoms with Gasteiger partial charge >= 0.3 is 0 Å². The summed E-state index contributed by atoms with van der Waals surface area (Å²) in [5.74, 6) is 0.785. The molecule has 28 heavy (non-hydrogen) atoms. The van der Waals surface area contributed by atoms with E-state index in [0.717, 1.165) is 25.6 Å². The number of rotatable bonds is 5. The van der Waals surface area contributed by atoms with E-state index in [1.54, 1.807) is 0 Å². The second-order valence-corrected chi connectivity index (χ2v) is 8.54. The van der Waals surface area contributed by atoms with Crippen molar-refractivity contribution < 1.29 is 0 Å². The lowest BCUT2D eigenvalue weighted by Crippen LogP contribution is -2.43. The maximum absolute atomic E-state index is 4.54. The molecule has 2 atom stereocenters. The average molecular weight is 375 g/mol. The molecule has 1 aromatic carbocycles. The highest BCUT2D eigenvalue weighted by Crippen LogP contribution is 2.30. The Balaban J connectivity index is 1.30. The third-order valence-corrected chi connectivity index (χ3v) is 6.58. The second kappa shape index (κ2) is 7.69. The van der Waals surface area contributed by atoms with E-state index in [0.29, 0.717) is 6.04 Å². The molecule has 0 radical (unpaired) electrons. The van der Waals surface area contributed by atoms with Crippen molar-refractivity contribution in [2.75, 3.05) is 19.6 Å². The monoisotopic (exact) mass is 374 g/mol. The Hall–Kier alpha value is -2.17. The molecule has 5 heterocycles. The van der Waals surface area contributed by atoms with E-state index in [2.05, 4.69) is 68.9 Å². The molecule has 0 spiro atoms. The largest absolute Gasteiger partial charge is 0.348 e. The van der Waals surface area contributed by atoms with Crippen LogP contribution in [-0.2, 0) is 19.6 Å². The van der Waals surface area contributed by atoms with E-state index < -0.39 is 0 Å². The summed E-state index contributed by atoms with van der Waals surface area (Å²) < 4.78 is 2.32. The summed E-state index contributed by atoms with van der Waals surface area (Å²) in [5.41, 5.74) is 4.00. The fourth-order valence-electron chi connectivity index (χ4n) is 5.18. The maximum Gasteiger partial charge on any atom is 0.0543 e. The van der Waals surface area contributed by atoms with Crippen molar-refractivity contribution in [3.63, 3.8) is 0 Å². The van der Waals surface area contributed by atoms with Gasteiger partial charge in [-0.05, 0) is 67.0 Å². The number of fused-ring (bicyclic) bond motifs is 5. The molecule has 0 aliphatic carbocycles. The molecule has 3 aliphatic heterocycles. The van der Waals surface area contributed by atoms with Crippen LogP contribution in [0.25, 0.3) is 10.9 Å². The van der Waals surface area contributed by atoms with Crippen LogP contribution in [0.15, 0.2) is 54.9 Å². The van der Waals surface area contributed by atoms with Crippen molar-refractivity contribution in [2.24, 2.45) is 5.92 Å². The second-order valence-electron chi connectivity index (χ2n) is 8.54. The molecule has 146 valence electrons. The molecule has 6 rings (SSSR count). The first-order chi connectivity index (χ1) is 13.8. The third-order valence-electron chi connectivity index (χ3n) is 6.58. The van der Waals surface area contributed by atoms with Gasteiger partial charge in [0, 0.05) is 63.2 Å². The molecular weight excluding hydrogens is 344 g/mol. The first-order valence-corrected chi connectivity index (χ1v) is 10.7. The van der Waals surface area contributed by atoms with Crippen LogP contribution in [0.4, 0.5) is 0 Å². The SMILES string of the molecule is CCn1ccc2cc(CN3C[C@H]4CC[C@@H]3CN(Cc3ccccn3)C4)ccc21. The lowest BCUT2D eigenvalue weighted by atomic mass is 9.94. The van der Waals surface area contributed by atoms with Gasteiger partial charge in [0.2, 0.25) is 0 Å². The van der Waals surface area contributed by atoms with Crippen molar-refractivity contribution in [1.29, 1.82) is 0 Å². The van der Waals surface area contributed by atoms with Crippen LogP contribution in [0.2, 0.25) is 0 Å². The summed E-state index contributed by atoms with van der Waals surface area (Å²) >= 11 is 0. The van der Waals surface area contributed by atoms with E-state index in [-0.39, 0.29) is 0 Å². The quantitative estimate of drug-likeness (QED) is 0.670. The average Bonchev–Trinajstić information content (AvgIpc) is 2.93. The number of hydrogen-bond acceptors (Lipinski definition) is 3. The standard InChI is InChI=1S/C24H30N4/c1-2-27-12-10-21-13-19(7-9-24(21)27)15-28-16-20-6-8-23(28)18-26(14-20)17-22-5-3-4-11-25-22/h3-5,7,9-13,20,23H,2,6,8,14-18H2,1H3/t20-,23+/m0/s1. The number of piperidine rings is 1. The van der Waals surface area contributed by atoms with Gasteiger partial charge in [0.25, 0.3) is 0 Å². The summed E-state index contributed by atoms with van der Waals surface area (Å²) in [6, 6.07) is 16.2. The van der Waals surface area contributed by atoms with E-state index in [1.165, 1.54) is 54.6 Å². The molecule has 4 nitrogen and oxygen atoms in total. The molecular formula is C24H30N4. The Morgan fingerprint density at radius 3 is 2.82 bits per heavy atom. The van der Waals surface area contributed by atoms with E-state index in [4.69, 9.17) is 0 Å². The van der Waals surface area contributed by atoms with Gasteiger partial charge in [-0.15, -0.1) is 0 Å². The van der Waals surface area contributed by atoms with E-state index >= 15 is 0 Å². The summed E-state index contributed by atoms with van der Waals surface area (Å²) in [7, 11) is 0. The minimum atomic E-state index is 0.665. The van der Waals surface area contributed by atoms with Gasteiger partial charge < -0.3 is 4.57 Å². The molecule has 3 aliphatic rings. The molecule has 3 saturated heterocycles. The van der Waals surface area contributed by atoms with Gasteiger partial charge in [-0.3, -0.25) is 14.8 Å². The van der Waals surface area contributed by atoms with Gasteiger partial charge in [0.15, 0.2) is 0 Å². The molecule has 3 fully saturated rings. The van der Waals surface area contributed by atoms with Gasteiger partial charge in [0.05, 0.1) is 5.69 Å². The van der Waals surface area contributed by atoms with Gasteiger partial charge in [-0.2, -0.15) is 0 Å². The molecule has 0 unspecified atom stereocenters. The molecule has 2 bridgehead atoms. The number of hydrogen-bond donors (Lipinski definition) is 0. The molecule has 0 saturated carbocycles. The minimum Gasteiger partial charge on any atom is -0.348 e. The van der Waals surface area contributed by atoms with Crippen LogP contribution in [0.3, 0.4) is 0 Å². The molecule has 2 aromatic heterocycles. The van der Waals surface area contributed by atoms with E-state index in [9.17, 15) is 0 Å². The maximum atomic E-state index is 4.54. The van der Waals surface area contributed by atoms with Crippen molar-refractivity contribution in [2.45, 2.75) is 45.4 Å². The van der Waals surface area contributed by atoms with Crippen LogP contribution in [0.5, 0.6) is 0 Å². The number of aromatic nitrogens is 2. The van der Waals surface area contributed by atoms with Gasteiger partial charge in [-0.25, -0.2) is 0 Å². The summed E-state index contributed by atoms with van der Waals surface area (Å²) in [6.45, 7) is 8.91. The third kappa shape index (κ3) is 3.59. The van der Waals surface area contributed by atoms with E-state index in [1.807, 2.05) is 12.3 Å². The van der Waals surface area contributed by atoms with Crippen molar-refractivity contribution in [3.05, 3.63) is 66.1 Å². The highest BCUT2D eigenvalue weighted by Gasteiger charge is 2.34. The van der Waals surface area contributed by atoms with Crippen LogP contribution in [0, 0.1) is 5.92 Å². The van der Waals surface area contributed by atoms with Crippen LogP contribution in [0.1, 0.15) is 31.0 Å². The minimum absolute atomic E-state index is 0.665. The van der Waals surface area contributed by atoms with Gasteiger partial charge in [0.1, 0.15) is 0 Å². The zero-order chi connectivity index (χ0) is 18.9. The smallest absolute Gasteiger partial charge is 0.0543 e. The Bertz CT molecular complexity index is 932. The van der Waals surface area contributed by atoms with Gasteiger partial charge in [-0.1, -0.05) is 12.1 Å². The fourth-order valence-corrected chi connectivity index (χ4v) is 5.18. The highest BCUT2D eigenvalue weighted by atomic mass is 15.3. The fraction of sp³-hybridized carbons (Fsp3) is 0.458. The number of nitrogens with zero attached hydrogens (tertiary/aromatic N) is 4.